The summed E-state index contributed by atoms with van der Waals surface area (Å²) in [4.78, 5) is 22.8. The first kappa shape index (κ1) is 11.8. The zero-order valence-electron chi connectivity index (χ0n) is 8.57. The van der Waals surface area contributed by atoms with Gasteiger partial charge in [0.25, 0.3) is 0 Å². The number of hydrogen-bond acceptors (Lipinski definition) is 5. The van der Waals surface area contributed by atoms with E-state index in [0.717, 1.165) is 0 Å². The van der Waals surface area contributed by atoms with Crippen LogP contribution in [0.15, 0.2) is 15.3 Å². The molecule has 4 nitrogen and oxygen atoms in total. The fourth-order valence-electron chi connectivity index (χ4n) is 1.17. The van der Waals surface area contributed by atoms with E-state index in [0.29, 0.717) is 11.5 Å². The Hall–Kier alpha value is -1.23. The Balaban J connectivity index is 3.04. The summed E-state index contributed by atoms with van der Waals surface area (Å²) in [6.07, 6.45) is 2.09. The van der Waals surface area contributed by atoms with Crippen molar-refractivity contribution in [2.24, 2.45) is 0 Å². The Labute approximate surface area is 91.3 Å². The summed E-state index contributed by atoms with van der Waals surface area (Å²) < 4.78 is 4.75. The van der Waals surface area contributed by atoms with Crippen molar-refractivity contribution < 1.29 is 14.3 Å². The molecule has 0 radical (unpaired) electrons. The molecule has 0 aromatic carbocycles. The van der Waals surface area contributed by atoms with Crippen molar-refractivity contribution in [3.8, 4) is 5.75 Å². The van der Waals surface area contributed by atoms with E-state index >= 15 is 0 Å². The van der Waals surface area contributed by atoms with Gasteiger partial charge in [-0.1, -0.05) is 0 Å². The minimum absolute atomic E-state index is 0.225. The summed E-state index contributed by atoms with van der Waals surface area (Å²) in [7, 11) is 0. The molecule has 0 aliphatic rings. The third-order valence-electron chi connectivity index (χ3n) is 1.87. The lowest BCUT2D eigenvalue weighted by Crippen LogP contribution is -2.15. The summed E-state index contributed by atoms with van der Waals surface area (Å²) in [5.41, 5.74) is -1.01. The van der Waals surface area contributed by atoms with Gasteiger partial charge in [-0.2, -0.15) is 11.8 Å². The van der Waals surface area contributed by atoms with E-state index in [1.54, 1.807) is 0 Å². The molecule has 15 heavy (non-hydrogen) atoms. The SMILES string of the molecule is CSCCC(=O)c1c(O)cc(C)oc1=O. The summed E-state index contributed by atoms with van der Waals surface area (Å²) in [5, 5.41) is 9.45. The maximum absolute atomic E-state index is 11.5. The Kier molecular flexibility index (Phi) is 3.96. The third-order valence-corrected chi connectivity index (χ3v) is 2.48. The van der Waals surface area contributed by atoms with Gasteiger partial charge >= 0.3 is 5.63 Å². The lowest BCUT2D eigenvalue weighted by Gasteiger charge is -2.01. The lowest BCUT2D eigenvalue weighted by molar-refractivity contribution is 0.0982. The molecule has 0 aliphatic heterocycles. The van der Waals surface area contributed by atoms with Crippen LogP contribution in [-0.2, 0) is 0 Å². The number of carbonyl (C=O) groups excluding carboxylic acids is 1. The first-order valence-corrected chi connectivity index (χ1v) is 5.81. The van der Waals surface area contributed by atoms with E-state index in [1.165, 1.54) is 24.8 Å². The number of thioether (sulfide) groups is 1. The molecule has 82 valence electrons. The number of carbonyl (C=O) groups is 1. The van der Waals surface area contributed by atoms with Crippen LogP contribution >= 0.6 is 11.8 Å². The number of hydrogen-bond donors (Lipinski definition) is 1. The summed E-state index contributed by atoms with van der Waals surface area (Å²) in [6, 6.07) is 1.27. The van der Waals surface area contributed by atoms with Crippen molar-refractivity contribution in [3.63, 3.8) is 0 Å². The smallest absolute Gasteiger partial charge is 0.350 e. The van der Waals surface area contributed by atoms with E-state index in [9.17, 15) is 14.7 Å². The Morgan fingerprint density at radius 2 is 2.27 bits per heavy atom. The van der Waals surface area contributed by atoms with E-state index in [1.807, 2.05) is 6.26 Å². The molecule has 1 aromatic heterocycles. The third kappa shape index (κ3) is 2.86. The average molecular weight is 228 g/mol. The van der Waals surface area contributed by atoms with Crippen molar-refractivity contribution in [3.05, 3.63) is 27.8 Å². The van der Waals surface area contributed by atoms with Crippen molar-refractivity contribution in [1.82, 2.24) is 0 Å². The molecule has 5 heteroatoms. The first-order chi connectivity index (χ1) is 7.06. The van der Waals surface area contributed by atoms with Crippen LogP contribution in [0.3, 0.4) is 0 Å². The largest absolute Gasteiger partial charge is 0.507 e. The predicted molar refractivity (Wildman–Crippen MR) is 58.7 cm³/mol. The molecule has 0 atom stereocenters. The molecule has 0 spiro atoms. The van der Waals surface area contributed by atoms with Gasteiger partial charge < -0.3 is 9.52 Å². The Bertz CT molecular complexity index is 422. The molecule has 1 N–H and O–H groups in total. The van der Waals surface area contributed by atoms with E-state index < -0.39 is 5.63 Å². The van der Waals surface area contributed by atoms with Crippen molar-refractivity contribution in [2.45, 2.75) is 13.3 Å². The first-order valence-electron chi connectivity index (χ1n) is 4.42. The second kappa shape index (κ2) is 5.02. The van der Waals surface area contributed by atoms with Gasteiger partial charge in [0.15, 0.2) is 5.78 Å². The second-order valence-corrected chi connectivity index (χ2v) is 4.06. The highest BCUT2D eigenvalue weighted by atomic mass is 32.2. The zero-order valence-corrected chi connectivity index (χ0v) is 9.39. The van der Waals surface area contributed by atoms with Crippen molar-refractivity contribution >= 4 is 17.5 Å². The van der Waals surface area contributed by atoms with Crippen LogP contribution < -0.4 is 5.63 Å². The normalized spacial score (nSPS) is 10.3. The molecule has 0 unspecified atom stereocenters. The van der Waals surface area contributed by atoms with Crippen LogP contribution in [0.1, 0.15) is 22.5 Å². The van der Waals surface area contributed by atoms with Crippen LogP contribution in [0.5, 0.6) is 5.75 Å². The summed E-state index contributed by atoms with van der Waals surface area (Å²) in [6.45, 7) is 1.54. The van der Waals surface area contributed by atoms with Gasteiger partial charge in [0.1, 0.15) is 17.1 Å². The molecule has 1 aromatic rings. The molecule has 0 aliphatic carbocycles. The molecule has 0 bridgehead atoms. The maximum atomic E-state index is 11.5. The molecular weight excluding hydrogens is 216 g/mol. The van der Waals surface area contributed by atoms with Gasteiger partial charge in [0.2, 0.25) is 0 Å². The Morgan fingerprint density at radius 3 is 2.80 bits per heavy atom. The van der Waals surface area contributed by atoms with E-state index in [-0.39, 0.29) is 23.5 Å². The van der Waals surface area contributed by atoms with Crippen LogP contribution in [-0.4, -0.2) is 22.9 Å². The van der Waals surface area contributed by atoms with Crippen LogP contribution in [0.25, 0.3) is 0 Å². The second-order valence-electron chi connectivity index (χ2n) is 3.07. The van der Waals surface area contributed by atoms with Gasteiger partial charge in [0, 0.05) is 18.2 Å². The van der Waals surface area contributed by atoms with Gasteiger partial charge in [-0.05, 0) is 13.2 Å². The highest BCUT2D eigenvalue weighted by Crippen LogP contribution is 2.16. The quantitative estimate of drug-likeness (QED) is 0.792. The molecule has 0 amide bonds. The minimum Gasteiger partial charge on any atom is -0.507 e. The molecule has 0 fully saturated rings. The number of ketones is 1. The lowest BCUT2D eigenvalue weighted by atomic mass is 10.1. The highest BCUT2D eigenvalue weighted by molar-refractivity contribution is 7.98. The molecule has 0 saturated carbocycles. The Morgan fingerprint density at radius 1 is 1.60 bits per heavy atom. The zero-order chi connectivity index (χ0) is 11.4. The van der Waals surface area contributed by atoms with Crippen molar-refractivity contribution in [2.75, 3.05) is 12.0 Å². The number of Topliss-reactive ketones (excluding diaryl/α,β-unsaturated/α-hetero) is 1. The monoisotopic (exact) mass is 228 g/mol. The van der Waals surface area contributed by atoms with Crippen LogP contribution in [0.4, 0.5) is 0 Å². The molecular formula is C10H12O4S. The number of aryl methyl sites for hydroxylation is 1. The fraction of sp³-hybridized carbons (Fsp3) is 0.400. The van der Waals surface area contributed by atoms with Crippen LogP contribution in [0, 0.1) is 6.92 Å². The molecule has 1 heterocycles. The summed E-state index contributed by atoms with van der Waals surface area (Å²) >= 11 is 1.50. The van der Waals surface area contributed by atoms with Crippen molar-refractivity contribution in [1.29, 1.82) is 0 Å². The average Bonchev–Trinajstić information content (AvgIpc) is 2.12. The molecule has 1 rings (SSSR count). The van der Waals surface area contributed by atoms with Gasteiger partial charge in [-0.15, -0.1) is 0 Å². The van der Waals surface area contributed by atoms with Gasteiger partial charge in [-0.25, -0.2) is 4.79 Å². The van der Waals surface area contributed by atoms with E-state index in [4.69, 9.17) is 4.42 Å². The fourth-order valence-corrected chi connectivity index (χ4v) is 1.56. The standard InChI is InChI=1S/C10H12O4S/c1-6-5-8(12)9(10(13)14-6)7(11)3-4-15-2/h5,12H,3-4H2,1-2H3. The minimum atomic E-state index is -0.765. The van der Waals surface area contributed by atoms with E-state index in [2.05, 4.69) is 0 Å². The maximum Gasteiger partial charge on any atom is 0.350 e. The van der Waals surface area contributed by atoms with Gasteiger partial charge in [0.05, 0.1) is 0 Å². The van der Waals surface area contributed by atoms with Crippen LogP contribution in [0.2, 0.25) is 0 Å². The number of rotatable bonds is 4. The number of aromatic hydroxyl groups is 1. The highest BCUT2D eigenvalue weighted by Gasteiger charge is 2.17. The van der Waals surface area contributed by atoms with Gasteiger partial charge in [-0.3, -0.25) is 4.79 Å². The molecule has 0 saturated heterocycles. The summed E-state index contributed by atoms with van der Waals surface area (Å²) in [5.74, 6) is 0.232. The predicted octanol–water partition coefficient (Wildman–Crippen LogP) is 1.59. The topological polar surface area (TPSA) is 67.5 Å².